The van der Waals surface area contributed by atoms with Gasteiger partial charge in [-0.15, -0.1) is 11.3 Å². The summed E-state index contributed by atoms with van der Waals surface area (Å²) in [7, 11) is 1.62. The second-order valence-corrected chi connectivity index (χ2v) is 6.64. The Labute approximate surface area is 139 Å². The van der Waals surface area contributed by atoms with E-state index in [4.69, 9.17) is 4.74 Å². The zero-order chi connectivity index (χ0) is 15.6. The van der Waals surface area contributed by atoms with E-state index < -0.39 is 0 Å². The molecular weight excluding hydrogens is 314 g/mol. The van der Waals surface area contributed by atoms with Gasteiger partial charge in [0.05, 0.1) is 7.11 Å². The van der Waals surface area contributed by atoms with Crippen LogP contribution in [0.15, 0.2) is 47.9 Å². The molecule has 1 aromatic carbocycles. The molecule has 1 N–H and O–H groups in total. The third-order valence-electron chi connectivity index (χ3n) is 2.92. The van der Waals surface area contributed by atoms with Gasteiger partial charge in [0.2, 0.25) is 5.91 Å². The molecule has 3 nitrogen and oxygen atoms in total. The van der Waals surface area contributed by atoms with E-state index in [0.717, 1.165) is 22.8 Å². The summed E-state index contributed by atoms with van der Waals surface area (Å²) in [5, 5.41) is 4.97. The number of hydrogen-bond acceptors (Lipinski definition) is 4. The zero-order valence-electron chi connectivity index (χ0n) is 12.5. The SMILES string of the molecule is COc1ccccc1/C=C/C(=O)NCCSCc1cccs1. The average Bonchev–Trinajstić information content (AvgIpc) is 3.06. The lowest BCUT2D eigenvalue weighted by atomic mass is 10.2. The minimum atomic E-state index is -0.0809. The molecule has 0 atom stereocenters. The van der Waals surface area contributed by atoms with E-state index in [1.807, 2.05) is 36.0 Å². The molecule has 116 valence electrons. The Bertz CT molecular complexity index is 609. The topological polar surface area (TPSA) is 38.3 Å². The number of nitrogens with one attached hydrogen (secondary N) is 1. The largest absolute Gasteiger partial charge is 0.496 e. The lowest BCUT2D eigenvalue weighted by Gasteiger charge is -2.04. The van der Waals surface area contributed by atoms with Gasteiger partial charge in [-0.25, -0.2) is 0 Å². The van der Waals surface area contributed by atoms with Crippen LogP contribution in [0.2, 0.25) is 0 Å². The number of carbonyl (C=O) groups is 1. The molecule has 0 spiro atoms. The number of rotatable bonds is 8. The van der Waals surface area contributed by atoms with Gasteiger partial charge in [-0.1, -0.05) is 24.3 Å². The number of amides is 1. The summed E-state index contributed by atoms with van der Waals surface area (Å²) >= 11 is 3.59. The molecule has 0 saturated carbocycles. The molecule has 5 heteroatoms. The summed E-state index contributed by atoms with van der Waals surface area (Å²) < 4.78 is 5.24. The molecule has 1 amide bonds. The van der Waals surface area contributed by atoms with Crippen molar-refractivity contribution in [1.29, 1.82) is 0 Å². The number of benzene rings is 1. The van der Waals surface area contributed by atoms with Gasteiger partial charge in [0.25, 0.3) is 0 Å². The smallest absolute Gasteiger partial charge is 0.244 e. The van der Waals surface area contributed by atoms with Crippen LogP contribution in [0.25, 0.3) is 6.08 Å². The van der Waals surface area contributed by atoms with Crippen molar-refractivity contribution in [3.05, 3.63) is 58.3 Å². The number of para-hydroxylation sites is 1. The van der Waals surface area contributed by atoms with Crippen molar-refractivity contribution in [2.45, 2.75) is 5.75 Å². The number of ether oxygens (including phenoxy) is 1. The van der Waals surface area contributed by atoms with Crippen LogP contribution >= 0.6 is 23.1 Å². The van der Waals surface area contributed by atoms with Crippen LogP contribution in [0.1, 0.15) is 10.4 Å². The Morgan fingerprint density at radius 2 is 2.18 bits per heavy atom. The predicted octanol–water partition coefficient (Wildman–Crippen LogP) is 3.82. The summed E-state index contributed by atoms with van der Waals surface area (Å²) in [5.74, 6) is 2.59. The summed E-state index contributed by atoms with van der Waals surface area (Å²) in [4.78, 5) is 13.1. The van der Waals surface area contributed by atoms with Crippen molar-refractivity contribution in [3.8, 4) is 5.75 Å². The Hall–Kier alpha value is -1.72. The minimum Gasteiger partial charge on any atom is -0.496 e. The molecular formula is C17H19NO2S2. The normalized spacial score (nSPS) is 10.8. The molecule has 0 aliphatic heterocycles. The van der Waals surface area contributed by atoms with Crippen LogP contribution in [-0.2, 0) is 10.5 Å². The summed E-state index contributed by atoms with van der Waals surface area (Å²) in [5.41, 5.74) is 0.896. The predicted molar refractivity (Wildman–Crippen MR) is 95.5 cm³/mol. The van der Waals surface area contributed by atoms with Crippen LogP contribution in [0.4, 0.5) is 0 Å². The monoisotopic (exact) mass is 333 g/mol. The molecule has 1 aromatic heterocycles. The molecule has 0 fully saturated rings. The lowest BCUT2D eigenvalue weighted by molar-refractivity contribution is -0.116. The van der Waals surface area contributed by atoms with E-state index in [0.29, 0.717) is 6.54 Å². The molecule has 2 aromatic rings. The number of thiophene rings is 1. The Balaban J connectivity index is 1.68. The average molecular weight is 333 g/mol. The highest BCUT2D eigenvalue weighted by molar-refractivity contribution is 7.98. The Morgan fingerprint density at radius 1 is 1.32 bits per heavy atom. The molecule has 2 rings (SSSR count). The summed E-state index contributed by atoms with van der Waals surface area (Å²) in [6.45, 7) is 0.672. The summed E-state index contributed by atoms with van der Waals surface area (Å²) in [6.07, 6.45) is 3.31. The minimum absolute atomic E-state index is 0.0809. The third kappa shape index (κ3) is 5.58. The molecule has 0 unspecified atom stereocenters. The van der Waals surface area contributed by atoms with Gasteiger partial charge in [0, 0.05) is 34.6 Å². The van der Waals surface area contributed by atoms with Gasteiger partial charge in [-0.3, -0.25) is 4.79 Å². The molecule has 0 aliphatic rings. The highest BCUT2D eigenvalue weighted by Crippen LogP contribution is 2.18. The third-order valence-corrected chi connectivity index (χ3v) is 4.99. The molecule has 22 heavy (non-hydrogen) atoms. The van der Waals surface area contributed by atoms with Crippen molar-refractivity contribution in [1.82, 2.24) is 5.32 Å². The first-order valence-electron chi connectivity index (χ1n) is 6.98. The number of thioether (sulfide) groups is 1. The van der Waals surface area contributed by atoms with Crippen LogP contribution in [-0.4, -0.2) is 25.3 Å². The van der Waals surface area contributed by atoms with Crippen LogP contribution in [0.3, 0.4) is 0 Å². The molecule has 0 aliphatic carbocycles. The van der Waals surface area contributed by atoms with Crippen molar-refractivity contribution < 1.29 is 9.53 Å². The second kappa shape index (κ2) is 9.33. The van der Waals surface area contributed by atoms with E-state index in [2.05, 4.69) is 22.8 Å². The maximum Gasteiger partial charge on any atom is 0.244 e. The van der Waals surface area contributed by atoms with Gasteiger partial charge in [0.1, 0.15) is 5.75 Å². The lowest BCUT2D eigenvalue weighted by Crippen LogP contribution is -2.23. The van der Waals surface area contributed by atoms with E-state index in [1.54, 1.807) is 30.6 Å². The van der Waals surface area contributed by atoms with E-state index in [9.17, 15) is 4.79 Å². The van der Waals surface area contributed by atoms with Gasteiger partial charge in [-0.2, -0.15) is 11.8 Å². The maximum absolute atomic E-state index is 11.8. The van der Waals surface area contributed by atoms with Gasteiger partial charge < -0.3 is 10.1 Å². The first-order valence-corrected chi connectivity index (χ1v) is 9.02. The summed E-state index contributed by atoms with van der Waals surface area (Å²) in [6, 6.07) is 11.8. The van der Waals surface area contributed by atoms with Gasteiger partial charge in [-0.05, 0) is 23.6 Å². The van der Waals surface area contributed by atoms with Crippen LogP contribution in [0, 0.1) is 0 Å². The molecule has 1 heterocycles. The fourth-order valence-corrected chi connectivity index (χ4v) is 3.54. The van der Waals surface area contributed by atoms with E-state index >= 15 is 0 Å². The van der Waals surface area contributed by atoms with E-state index in [1.165, 1.54) is 4.88 Å². The standard InChI is InChI=1S/C17H19NO2S2/c1-20-16-7-3-2-5-14(16)8-9-17(19)18-10-12-21-13-15-6-4-11-22-15/h2-9,11H,10,12-13H2,1H3,(H,18,19)/b9-8+. The quantitative estimate of drug-likeness (QED) is 0.589. The highest BCUT2D eigenvalue weighted by Gasteiger charge is 1.99. The van der Waals surface area contributed by atoms with Crippen molar-refractivity contribution in [2.24, 2.45) is 0 Å². The Morgan fingerprint density at radius 3 is 2.95 bits per heavy atom. The number of carbonyl (C=O) groups excluding carboxylic acids is 1. The maximum atomic E-state index is 11.8. The molecule has 0 saturated heterocycles. The van der Waals surface area contributed by atoms with E-state index in [-0.39, 0.29) is 5.91 Å². The zero-order valence-corrected chi connectivity index (χ0v) is 14.1. The van der Waals surface area contributed by atoms with Crippen molar-refractivity contribution >= 4 is 35.1 Å². The fourth-order valence-electron chi connectivity index (χ4n) is 1.84. The van der Waals surface area contributed by atoms with Crippen LogP contribution < -0.4 is 10.1 Å². The number of methoxy groups -OCH3 is 1. The second-order valence-electron chi connectivity index (χ2n) is 4.50. The van der Waals surface area contributed by atoms with Gasteiger partial charge in [0.15, 0.2) is 0 Å². The van der Waals surface area contributed by atoms with Crippen LogP contribution in [0.5, 0.6) is 5.75 Å². The molecule has 0 bridgehead atoms. The number of hydrogen-bond donors (Lipinski definition) is 1. The van der Waals surface area contributed by atoms with Crippen molar-refractivity contribution in [2.75, 3.05) is 19.4 Å². The molecule has 0 radical (unpaired) electrons. The fraction of sp³-hybridized carbons (Fsp3) is 0.235. The first-order chi connectivity index (χ1) is 10.8. The van der Waals surface area contributed by atoms with Gasteiger partial charge >= 0.3 is 0 Å². The Kier molecular flexibility index (Phi) is 7.06. The van der Waals surface area contributed by atoms with Crippen molar-refractivity contribution in [3.63, 3.8) is 0 Å². The highest BCUT2D eigenvalue weighted by atomic mass is 32.2. The first kappa shape index (κ1) is 16.6.